The van der Waals surface area contributed by atoms with Gasteiger partial charge in [-0.25, -0.2) is 4.39 Å². The van der Waals surface area contributed by atoms with Gasteiger partial charge in [-0.05, 0) is 25.6 Å². The summed E-state index contributed by atoms with van der Waals surface area (Å²) in [7, 11) is 3.60. The van der Waals surface area contributed by atoms with Crippen molar-refractivity contribution < 1.29 is 14.2 Å². The average molecular weight is 282 g/mol. The Morgan fingerprint density at radius 2 is 2.00 bits per heavy atom. The van der Waals surface area contributed by atoms with E-state index >= 15 is 0 Å². The quantitative estimate of drug-likeness (QED) is 0.888. The second kappa shape index (κ2) is 7.02. The van der Waals surface area contributed by atoms with Gasteiger partial charge in [0.25, 0.3) is 0 Å². The minimum atomic E-state index is -0.828. The van der Waals surface area contributed by atoms with E-state index < -0.39 is 11.9 Å². The van der Waals surface area contributed by atoms with E-state index in [0.29, 0.717) is 12.2 Å². The molecular formula is C15H23FN2O2. The smallest absolute Gasteiger partial charge is 0.132 e. The SMILES string of the molecule is COc1cccc(F)c1C(O)CCN1CCN(C)CC1. The highest BCUT2D eigenvalue weighted by atomic mass is 19.1. The largest absolute Gasteiger partial charge is 0.496 e. The molecule has 0 spiro atoms. The predicted octanol–water partition coefficient (Wildman–Crippen LogP) is 1.51. The van der Waals surface area contributed by atoms with Crippen LogP contribution in [0.2, 0.25) is 0 Å². The summed E-state index contributed by atoms with van der Waals surface area (Å²) in [6, 6.07) is 4.62. The van der Waals surface area contributed by atoms with Gasteiger partial charge >= 0.3 is 0 Å². The van der Waals surface area contributed by atoms with Gasteiger partial charge in [-0.2, -0.15) is 0 Å². The zero-order chi connectivity index (χ0) is 14.5. The molecule has 1 aromatic carbocycles. The Bertz CT molecular complexity index is 434. The average Bonchev–Trinajstić information content (AvgIpc) is 2.46. The van der Waals surface area contributed by atoms with Crippen molar-refractivity contribution in [3.05, 3.63) is 29.6 Å². The Hall–Kier alpha value is -1.17. The number of ether oxygens (including phenoxy) is 1. The molecular weight excluding hydrogens is 259 g/mol. The lowest BCUT2D eigenvalue weighted by atomic mass is 10.0. The molecule has 112 valence electrons. The van der Waals surface area contributed by atoms with Crippen LogP contribution in [0.15, 0.2) is 18.2 Å². The number of aliphatic hydroxyl groups is 1. The first kappa shape index (κ1) is 15.2. The van der Waals surface area contributed by atoms with E-state index in [1.807, 2.05) is 0 Å². The summed E-state index contributed by atoms with van der Waals surface area (Å²) in [6.45, 7) is 4.85. The highest BCUT2D eigenvalue weighted by molar-refractivity contribution is 5.36. The molecule has 1 fully saturated rings. The fourth-order valence-corrected chi connectivity index (χ4v) is 2.54. The zero-order valence-corrected chi connectivity index (χ0v) is 12.2. The fourth-order valence-electron chi connectivity index (χ4n) is 2.54. The van der Waals surface area contributed by atoms with Gasteiger partial charge in [0.15, 0.2) is 0 Å². The summed E-state index contributed by atoms with van der Waals surface area (Å²) in [6.07, 6.45) is -0.313. The molecule has 20 heavy (non-hydrogen) atoms. The highest BCUT2D eigenvalue weighted by Crippen LogP contribution is 2.29. The van der Waals surface area contributed by atoms with Crippen molar-refractivity contribution in [3.8, 4) is 5.75 Å². The molecule has 0 saturated carbocycles. The number of piperazine rings is 1. The van der Waals surface area contributed by atoms with Crippen molar-refractivity contribution in [2.45, 2.75) is 12.5 Å². The Balaban J connectivity index is 1.93. The Morgan fingerprint density at radius 3 is 2.65 bits per heavy atom. The second-order valence-corrected chi connectivity index (χ2v) is 5.31. The Morgan fingerprint density at radius 1 is 1.30 bits per heavy atom. The number of nitrogens with zero attached hydrogens (tertiary/aromatic N) is 2. The third kappa shape index (κ3) is 3.69. The van der Waals surface area contributed by atoms with Crippen molar-refractivity contribution >= 4 is 0 Å². The van der Waals surface area contributed by atoms with Crippen LogP contribution >= 0.6 is 0 Å². The molecule has 0 amide bonds. The molecule has 4 nitrogen and oxygen atoms in total. The van der Waals surface area contributed by atoms with Crippen LogP contribution in [0, 0.1) is 5.82 Å². The van der Waals surface area contributed by atoms with Crippen LogP contribution in [0.5, 0.6) is 5.75 Å². The topological polar surface area (TPSA) is 35.9 Å². The van der Waals surface area contributed by atoms with E-state index in [2.05, 4.69) is 16.8 Å². The van der Waals surface area contributed by atoms with Gasteiger partial charge in [-0.15, -0.1) is 0 Å². The summed E-state index contributed by atoms with van der Waals surface area (Å²) in [5, 5.41) is 10.2. The molecule has 5 heteroatoms. The van der Waals surface area contributed by atoms with Crippen LogP contribution in [0.1, 0.15) is 18.1 Å². The van der Waals surface area contributed by atoms with Gasteiger partial charge in [-0.1, -0.05) is 6.07 Å². The van der Waals surface area contributed by atoms with E-state index in [1.54, 1.807) is 12.1 Å². The Kier molecular flexibility index (Phi) is 5.34. The van der Waals surface area contributed by atoms with Gasteiger partial charge in [0.1, 0.15) is 11.6 Å². The van der Waals surface area contributed by atoms with Crippen LogP contribution in [0.3, 0.4) is 0 Å². The number of halogens is 1. The van der Waals surface area contributed by atoms with E-state index in [4.69, 9.17) is 4.74 Å². The number of rotatable bonds is 5. The maximum atomic E-state index is 13.8. The standard InChI is InChI=1S/C15H23FN2O2/c1-17-8-10-18(11-9-17)7-6-13(19)15-12(16)4-3-5-14(15)20-2/h3-5,13,19H,6-11H2,1-2H3. The lowest BCUT2D eigenvalue weighted by Gasteiger charge is -2.32. The number of aliphatic hydroxyl groups excluding tert-OH is 1. The second-order valence-electron chi connectivity index (χ2n) is 5.31. The van der Waals surface area contributed by atoms with Crippen molar-refractivity contribution in [3.63, 3.8) is 0 Å². The molecule has 1 atom stereocenters. The third-order valence-electron chi connectivity index (χ3n) is 3.88. The summed E-state index contributed by atoms with van der Waals surface area (Å²) >= 11 is 0. The van der Waals surface area contributed by atoms with Crippen molar-refractivity contribution in [1.82, 2.24) is 9.80 Å². The van der Waals surface area contributed by atoms with Crippen LogP contribution in [0.25, 0.3) is 0 Å². The van der Waals surface area contributed by atoms with Gasteiger partial charge < -0.3 is 19.6 Å². The molecule has 1 N–H and O–H groups in total. The maximum absolute atomic E-state index is 13.8. The summed E-state index contributed by atoms with van der Waals surface area (Å²) in [5.74, 6) is 0.00565. The molecule has 1 heterocycles. The van der Waals surface area contributed by atoms with Crippen LogP contribution in [-0.4, -0.2) is 61.8 Å². The predicted molar refractivity (Wildman–Crippen MR) is 76.5 cm³/mol. The molecule has 1 aromatic rings. The molecule has 1 aliphatic rings. The van der Waals surface area contributed by atoms with Crippen LogP contribution < -0.4 is 4.74 Å². The molecule has 0 aliphatic carbocycles. The maximum Gasteiger partial charge on any atom is 0.132 e. The number of hydrogen-bond donors (Lipinski definition) is 1. The molecule has 1 aliphatic heterocycles. The minimum Gasteiger partial charge on any atom is -0.496 e. The van der Waals surface area contributed by atoms with E-state index in [1.165, 1.54) is 13.2 Å². The summed E-state index contributed by atoms with van der Waals surface area (Å²) in [5.41, 5.74) is 0.268. The van der Waals surface area contributed by atoms with Crippen LogP contribution in [0.4, 0.5) is 4.39 Å². The number of hydrogen-bond acceptors (Lipinski definition) is 4. The molecule has 0 aromatic heterocycles. The minimum absolute atomic E-state index is 0.268. The molecule has 0 radical (unpaired) electrons. The van der Waals surface area contributed by atoms with E-state index in [0.717, 1.165) is 32.7 Å². The first-order chi connectivity index (χ1) is 9.61. The summed E-state index contributed by atoms with van der Waals surface area (Å²) < 4.78 is 19.0. The summed E-state index contributed by atoms with van der Waals surface area (Å²) in [4.78, 5) is 4.59. The molecule has 1 saturated heterocycles. The normalized spacial score (nSPS) is 19.0. The monoisotopic (exact) mass is 282 g/mol. The van der Waals surface area contributed by atoms with Gasteiger partial charge in [0.2, 0.25) is 0 Å². The number of methoxy groups -OCH3 is 1. The van der Waals surface area contributed by atoms with Gasteiger partial charge in [0, 0.05) is 32.7 Å². The lowest BCUT2D eigenvalue weighted by molar-refractivity contribution is 0.109. The van der Waals surface area contributed by atoms with Crippen molar-refractivity contribution in [2.75, 3.05) is 46.9 Å². The number of benzene rings is 1. The zero-order valence-electron chi connectivity index (χ0n) is 12.2. The molecule has 0 bridgehead atoms. The third-order valence-corrected chi connectivity index (χ3v) is 3.88. The highest BCUT2D eigenvalue weighted by Gasteiger charge is 2.20. The van der Waals surface area contributed by atoms with E-state index in [-0.39, 0.29) is 5.56 Å². The van der Waals surface area contributed by atoms with Crippen molar-refractivity contribution in [1.29, 1.82) is 0 Å². The lowest BCUT2D eigenvalue weighted by Crippen LogP contribution is -2.44. The Labute approximate surface area is 119 Å². The number of likely N-dealkylation sites (N-methyl/N-ethyl adjacent to an activating group) is 1. The first-order valence-electron chi connectivity index (χ1n) is 7.03. The fraction of sp³-hybridized carbons (Fsp3) is 0.600. The molecule has 1 unspecified atom stereocenters. The van der Waals surface area contributed by atoms with Gasteiger partial charge in [-0.3, -0.25) is 0 Å². The van der Waals surface area contributed by atoms with Crippen LogP contribution in [-0.2, 0) is 0 Å². The van der Waals surface area contributed by atoms with Gasteiger partial charge in [0.05, 0.1) is 18.8 Å². The van der Waals surface area contributed by atoms with Crippen molar-refractivity contribution in [2.24, 2.45) is 0 Å². The van der Waals surface area contributed by atoms with E-state index in [9.17, 15) is 9.50 Å². The molecule has 2 rings (SSSR count). The first-order valence-corrected chi connectivity index (χ1v) is 7.03.